The van der Waals surface area contributed by atoms with Crippen LogP contribution in [0.3, 0.4) is 0 Å². The van der Waals surface area contributed by atoms with Gasteiger partial charge in [0.1, 0.15) is 0 Å². The van der Waals surface area contributed by atoms with Crippen molar-refractivity contribution < 1.29 is 22.8 Å². The molecule has 0 aliphatic heterocycles. The molecule has 0 bridgehead atoms. The van der Waals surface area contributed by atoms with E-state index in [1.807, 2.05) is 0 Å². The second-order valence-corrected chi connectivity index (χ2v) is 5.28. The van der Waals surface area contributed by atoms with Crippen molar-refractivity contribution in [2.75, 3.05) is 19.4 Å². The first-order valence-electron chi connectivity index (χ1n) is 6.99. The van der Waals surface area contributed by atoms with Crippen molar-refractivity contribution in [3.8, 4) is 0 Å². The molecule has 2 rings (SSSR count). The van der Waals surface area contributed by atoms with Crippen LogP contribution in [0.5, 0.6) is 0 Å². The average Bonchev–Trinajstić information content (AvgIpc) is 2.53. The molecule has 0 unspecified atom stereocenters. The summed E-state index contributed by atoms with van der Waals surface area (Å²) in [5.41, 5.74) is -0.927. The number of carbonyl (C=O) groups excluding carboxylic acids is 2. The Morgan fingerprint density at radius 2 is 1.67 bits per heavy atom. The fourth-order valence-corrected chi connectivity index (χ4v) is 2.11. The number of hydrogen-bond donors (Lipinski definition) is 1. The Balaban J connectivity index is 2.29. The van der Waals surface area contributed by atoms with Gasteiger partial charge >= 0.3 is 6.18 Å². The van der Waals surface area contributed by atoms with E-state index in [1.54, 1.807) is 26.2 Å². The maximum absolute atomic E-state index is 13.0. The summed E-state index contributed by atoms with van der Waals surface area (Å²) < 4.78 is 38.9. The number of carbonyl (C=O) groups is 2. The summed E-state index contributed by atoms with van der Waals surface area (Å²) in [6.45, 7) is 0. The van der Waals surface area contributed by atoms with Crippen LogP contribution in [-0.2, 0) is 6.18 Å². The topological polar surface area (TPSA) is 49.4 Å². The molecule has 7 heteroatoms. The van der Waals surface area contributed by atoms with Crippen LogP contribution in [0.25, 0.3) is 0 Å². The first-order chi connectivity index (χ1) is 11.2. The van der Waals surface area contributed by atoms with Crippen LogP contribution in [0.15, 0.2) is 48.5 Å². The van der Waals surface area contributed by atoms with E-state index in [9.17, 15) is 22.8 Å². The van der Waals surface area contributed by atoms with Gasteiger partial charge in [-0.3, -0.25) is 9.59 Å². The fraction of sp³-hybridized carbons (Fsp3) is 0.176. The van der Waals surface area contributed by atoms with Gasteiger partial charge in [0.2, 0.25) is 0 Å². The third-order valence-electron chi connectivity index (χ3n) is 3.25. The highest BCUT2D eigenvalue weighted by Crippen LogP contribution is 2.32. The summed E-state index contributed by atoms with van der Waals surface area (Å²) in [6.07, 6.45) is -4.63. The molecule has 0 aliphatic carbocycles. The van der Waals surface area contributed by atoms with Gasteiger partial charge in [0.25, 0.3) is 11.8 Å². The van der Waals surface area contributed by atoms with Crippen molar-refractivity contribution in [1.82, 2.24) is 4.90 Å². The van der Waals surface area contributed by atoms with Gasteiger partial charge < -0.3 is 10.2 Å². The van der Waals surface area contributed by atoms with Crippen molar-refractivity contribution in [2.24, 2.45) is 0 Å². The lowest BCUT2D eigenvalue weighted by Crippen LogP contribution is -2.22. The van der Waals surface area contributed by atoms with Crippen LogP contribution in [0.4, 0.5) is 18.9 Å². The zero-order chi connectivity index (χ0) is 17.9. The molecule has 0 radical (unpaired) electrons. The van der Waals surface area contributed by atoms with Gasteiger partial charge in [-0.15, -0.1) is 0 Å². The highest BCUT2D eigenvalue weighted by atomic mass is 19.4. The minimum absolute atomic E-state index is 0.240. The van der Waals surface area contributed by atoms with Crippen LogP contribution in [-0.4, -0.2) is 30.8 Å². The largest absolute Gasteiger partial charge is 0.417 e. The molecule has 0 fully saturated rings. The molecule has 0 atom stereocenters. The van der Waals surface area contributed by atoms with Gasteiger partial charge in [0.05, 0.1) is 11.1 Å². The molecule has 2 aromatic rings. The first-order valence-corrected chi connectivity index (χ1v) is 6.99. The third-order valence-corrected chi connectivity index (χ3v) is 3.25. The molecule has 24 heavy (non-hydrogen) atoms. The monoisotopic (exact) mass is 336 g/mol. The highest BCUT2D eigenvalue weighted by molar-refractivity contribution is 6.06. The quantitative estimate of drug-likeness (QED) is 0.930. The third kappa shape index (κ3) is 3.92. The van der Waals surface area contributed by atoms with Gasteiger partial charge in [-0.2, -0.15) is 13.2 Å². The lowest BCUT2D eigenvalue weighted by molar-refractivity contribution is -0.137. The van der Waals surface area contributed by atoms with Crippen LogP contribution < -0.4 is 5.32 Å². The summed E-state index contributed by atoms with van der Waals surface area (Å²) in [7, 11) is 3.15. The van der Waals surface area contributed by atoms with Gasteiger partial charge in [-0.1, -0.05) is 18.2 Å². The number of amides is 2. The molecule has 0 aliphatic rings. The molecule has 0 spiro atoms. The zero-order valence-electron chi connectivity index (χ0n) is 13.0. The number of halogens is 3. The molecular formula is C17H15F3N2O2. The first kappa shape index (κ1) is 17.5. The van der Waals surface area contributed by atoms with Crippen molar-refractivity contribution >= 4 is 17.5 Å². The van der Waals surface area contributed by atoms with Crippen LogP contribution in [0, 0.1) is 0 Å². The van der Waals surface area contributed by atoms with Crippen molar-refractivity contribution in [3.63, 3.8) is 0 Å². The minimum Gasteiger partial charge on any atom is -0.345 e. The maximum atomic E-state index is 13.0. The Labute approximate surface area is 136 Å². The van der Waals surface area contributed by atoms with E-state index in [0.717, 1.165) is 12.1 Å². The molecule has 0 saturated carbocycles. The number of benzene rings is 2. The number of nitrogens with one attached hydrogen (secondary N) is 1. The highest BCUT2D eigenvalue weighted by Gasteiger charge is 2.34. The molecule has 1 N–H and O–H groups in total. The molecule has 0 saturated heterocycles. The second kappa shape index (κ2) is 6.74. The van der Waals surface area contributed by atoms with Gasteiger partial charge in [0.15, 0.2) is 0 Å². The second-order valence-electron chi connectivity index (χ2n) is 5.28. The maximum Gasteiger partial charge on any atom is 0.417 e. The number of anilines is 1. The summed E-state index contributed by atoms with van der Waals surface area (Å²) in [6, 6.07) is 10.5. The Morgan fingerprint density at radius 3 is 2.29 bits per heavy atom. The molecule has 2 amide bonds. The number of hydrogen-bond acceptors (Lipinski definition) is 2. The molecule has 126 valence electrons. The molecule has 2 aromatic carbocycles. The normalized spacial score (nSPS) is 11.0. The van der Waals surface area contributed by atoms with Crippen LogP contribution in [0.1, 0.15) is 26.3 Å². The van der Waals surface area contributed by atoms with E-state index < -0.39 is 23.2 Å². The lowest BCUT2D eigenvalue weighted by atomic mass is 10.1. The van der Waals surface area contributed by atoms with Crippen molar-refractivity contribution in [3.05, 3.63) is 65.2 Å². The Kier molecular flexibility index (Phi) is 4.92. The van der Waals surface area contributed by atoms with E-state index in [2.05, 4.69) is 5.32 Å². The van der Waals surface area contributed by atoms with Crippen LogP contribution in [0.2, 0.25) is 0 Å². The van der Waals surface area contributed by atoms with Crippen LogP contribution >= 0.6 is 0 Å². The van der Waals surface area contributed by atoms with E-state index in [-0.39, 0.29) is 11.6 Å². The number of rotatable bonds is 3. The Morgan fingerprint density at radius 1 is 1.00 bits per heavy atom. The van der Waals surface area contributed by atoms with Gasteiger partial charge in [0, 0.05) is 25.3 Å². The summed E-state index contributed by atoms with van der Waals surface area (Å²) >= 11 is 0. The van der Waals surface area contributed by atoms with E-state index in [1.165, 1.54) is 29.2 Å². The summed E-state index contributed by atoms with van der Waals surface area (Å²) in [4.78, 5) is 25.5. The lowest BCUT2D eigenvalue weighted by Gasteiger charge is -2.14. The van der Waals surface area contributed by atoms with Crippen molar-refractivity contribution in [1.29, 1.82) is 0 Å². The smallest absolute Gasteiger partial charge is 0.345 e. The SMILES string of the molecule is CN(C)C(=O)c1cccc(NC(=O)c2ccccc2C(F)(F)F)c1. The molecule has 0 heterocycles. The van der Waals surface area contributed by atoms with E-state index in [4.69, 9.17) is 0 Å². The van der Waals surface area contributed by atoms with Crippen molar-refractivity contribution in [2.45, 2.75) is 6.18 Å². The Hall–Kier alpha value is -2.83. The predicted octanol–water partition coefficient (Wildman–Crippen LogP) is 3.66. The number of nitrogens with zero attached hydrogens (tertiary/aromatic N) is 1. The minimum atomic E-state index is -4.63. The van der Waals surface area contributed by atoms with Gasteiger partial charge in [-0.05, 0) is 30.3 Å². The summed E-state index contributed by atoms with van der Waals surface area (Å²) in [5.74, 6) is -1.17. The summed E-state index contributed by atoms with van der Waals surface area (Å²) in [5, 5.41) is 2.40. The number of alkyl halides is 3. The predicted molar refractivity (Wildman–Crippen MR) is 83.9 cm³/mol. The standard InChI is InChI=1S/C17H15F3N2O2/c1-22(2)16(24)11-6-5-7-12(10-11)21-15(23)13-8-3-4-9-14(13)17(18,19)20/h3-10H,1-2H3,(H,21,23). The molecular weight excluding hydrogens is 321 g/mol. The zero-order valence-corrected chi connectivity index (χ0v) is 13.0. The fourth-order valence-electron chi connectivity index (χ4n) is 2.11. The molecule has 4 nitrogen and oxygen atoms in total. The molecule has 0 aromatic heterocycles. The van der Waals surface area contributed by atoms with Gasteiger partial charge in [-0.25, -0.2) is 0 Å². The van der Waals surface area contributed by atoms with E-state index in [0.29, 0.717) is 5.56 Å². The average molecular weight is 336 g/mol. The Bertz CT molecular complexity index is 770. The van der Waals surface area contributed by atoms with E-state index >= 15 is 0 Å².